The lowest BCUT2D eigenvalue weighted by Crippen LogP contribution is -2.25. The third-order valence-electron chi connectivity index (χ3n) is 3.19. The summed E-state index contributed by atoms with van der Waals surface area (Å²) in [6.45, 7) is 2.32. The summed E-state index contributed by atoms with van der Waals surface area (Å²) in [5.74, 6) is 1.36. The monoisotopic (exact) mass is 273 g/mol. The van der Waals surface area contributed by atoms with Crippen molar-refractivity contribution >= 4 is 11.7 Å². The van der Waals surface area contributed by atoms with Crippen molar-refractivity contribution in [2.75, 3.05) is 18.0 Å². The zero-order valence-corrected chi connectivity index (χ0v) is 11.0. The zero-order chi connectivity index (χ0) is 13.8. The first kappa shape index (κ1) is 12.6. The summed E-state index contributed by atoms with van der Waals surface area (Å²) in [6.07, 6.45) is 5.54. The molecule has 0 spiro atoms. The molecule has 1 aliphatic heterocycles. The van der Waals surface area contributed by atoms with E-state index in [-0.39, 0.29) is 18.2 Å². The summed E-state index contributed by atoms with van der Waals surface area (Å²) in [7, 11) is 0. The van der Waals surface area contributed by atoms with Crippen LogP contribution in [0.25, 0.3) is 0 Å². The highest BCUT2D eigenvalue weighted by Gasteiger charge is 2.14. The SMILES string of the molecule is O=C(NCc1nccc(N2CCCC2)n1)c1ccno1. The maximum Gasteiger partial charge on any atom is 0.290 e. The van der Waals surface area contributed by atoms with Gasteiger partial charge in [0.05, 0.1) is 12.7 Å². The first-order valence-corrected chi connectivity index (χ1v) is 6.59. The lowest BCUT2D eigenvalue weighted by Gasteiger charge is -2.16. The van der Waals surface area contributed by atoms with Gasteiger partial charge in [-0.15, -0.1) is 0 Å². The quantitative estimate of drug-likeness (QED) is 0.894. The minimum atomic E-state index is -0.322. The maximum absolute atomic E-state index is 11.7. The second kappa shape index (κ2) is 5.68. The standard InChI is InChI=1S/C13H15N5O2/c19-13(10-3-6-16-20-10)15-9-11-14-5-4-12(17-11)18-7-1-2-8-18/h3-6H,1-2,7-9H2,(H,15,19). The van der Waals surface area contributed by atoms with Gasteiger partial charge in [0.1, 0.15) is 11.6 Å². The van der Waals surface area contributed by atoms with Gasteiger partial charge in [0.25, 0.3) is 5.91 Å². The molecule has 3 heterocycles. The van der Waals surface area contributed by atoms with E-state index in [0.717, 1.165) is 18.9 Å². The predicted octanol–water partition coefficient (Wildman–Crippen LogP) is 0.995. The van der Waals surface area contributed by atoms with E-state index in [2.05, 4.69) is 25.3 Å². The lowest BCUT2D eigenvalue weighted by molar-refractivity contribution is 0.0913. The van der Waals surface area contributed by atoms with Gasteiger partial charge in [0, 0.05) is 25.4 Å². The van der Waals surface area contributed by atoms with Crippen LogP contribution < -0.4 is 10.2 Å². The van der Waals surface area contributed by atoms with Crippen LogP contribution in [0.4, 0.5) is 5.82 Å². The molecular formula is C13H15N5O2. The Hall–Kier alpha value is -2.44. The van der Waals surface area contributed by atoms with Crippen molar-refractivity contribution in [2.24, 2.45) is 0 Å². The van der Waals surface area contributed by atoms with Gasteiger partial charge < -0.3 is 14.7 Å². The van der Waals surface area contributed by atoms with Gasteiger partial charge in [-0.2, -0.15) is 0 Å². The van der Waals surface area contributed by atoms with Crippen LogP contribution in [-0.4, -0.2) is 34.1 Å². The van der Waals surface area contributed by atoms with Crippen LogP contribution in [0.5, 0.6) is 0 Å². The van der Waals surface area contributed by atoms with Crippen molar-refractivity contribution in [3.05, 3.63) is 36.1 Å². The number of anilines is 1. The van der Waals surface area contributed by atoms with E-state index >= 15 is 0 Å². The number of rotatable bonds is 4. The van der Waals surface area contributed by atoms with E-state index < -0.39 is 0 Å². The highest BCUT2D eigenvalue weighted by atomic mass is 16.5. The number of hydrogen-bond donors (Lipinski definition) is 1. The second-order valence-electron chi connectivity index (χ2n) is 4.58. The predicted molar refractivity (Wildman–Crippen MR) is 71.2 cm³/mol. The summed E-state index contributed by atoms with van der Waals surface area (Å²) in [6, 6.07) is 3.41. The van der Waals surface area contributed by atoms with Crippen LogP contribution in [0.2, 0.25) is 0 Å². The number of hydrogen-bond acceptors (Lipinski definition) is 6. The Kier molecular flexibility index (Phi) is 3.58. The Labute approximate surface area is 116 Å². The van der Waals surface area contributed by atoms with Gasteiger partial charge in [-0.05, 0) is 18.9 Å². The molecule has 2 aromatic rings. The molecule has 0 aliphatic carbocycles. The topological polar surface area (TPSA) is 84.2 Å². The van der Waals surface area contributed by atoms with Crippen LogP contribution in [0.1, 0.15) is 29.2 Å². The normalized spacial score (nSPS) is 14.5. The molecule has 7 heteroatoms. The van der Waals surface area contributed by atoms with E-state index in [1.54, 1.807) is 6.20 Å². The summed E-state index contributed by atoms with van der Waals surface area (Å²) >= 11 is 0. The largest absolute Gasteiger partial charge is 0.357 e. The summed E-state index contributed by atoms with van der Waals surface area (Å²) in [5.41, 5.74) is 0. The van der Waals surface area contributed by atoms with Crippen LogP contribution >= 0.6 is 0 Å². The van der Waals surface area contributed by atoms with Gasteiger partial charge in [0.2, 0.25) is 5.76 Å². The lowest BCUT2D eigenvalue weighted by atomic mass is 10.4. The van der Waals surface area contributed by atoms with E-state index in [1.165, 1.54) is 25.1 Å². The molecule has 3 rings (SSSR count). The van der Waals surface area contributed by atoms with E-state index in [1.807, 2.05) is 6.07 Å². The fraction of sp³-hybridized carbons (Fsp3) is 0.385. The van der Waals surface area contributed by atoms with Crippen molar-refractivity contribution < 1.29 is 9.32 Å². The van der Waals surface area contributed by atoms with Crippen molar-refractivity contribution in [1.29, 1.82) is 0 Å². The minimum Gasteiger partial charge on any atom is -0.357 e. The van der Waals surface area contributed by atoms with Gasteiger partial charge in [-0.3, -0.25) is 4.79 Å². The second-order valence-corrected chi connectivity index (χ2v) is 4.58. The summed E-state index contributed by atoms with van der Waals surface area (Å²) in [4.78, 5) is 22.6. The first-order chi connectivity index (χ1) is 9.83. The van der Waals surface area contributed by atoms with Crippen molar-refractivity contribution in [1.82, 2.24) is 20.4 Å². The Morgan fingerprint density at radius 2 is 2.15 bits per heavy atom. The average Bonchev–Trinajstić information content (AvgIpc) is 3.17. The number of amides is 1. The average molecular weight is 273 g/mol. The van der Waals surface area contributed by atoms with Gasteiger partial charge in [-0.1, -0.05) is 5.16 Å². The molecule has 0 aromatic carbocycles. The van der Waals surface area contributed by atoms with Crippen LogP contribution in [0, 0.1) is 0 Å². The van der Waals surface area contributed by atoms with Gasteiger partial charge >= 0.3 is 0 Å². The molecule has 0 radical (unpaired) electrons. The molecule has 0 bridgehead atoms. The number of nitrogens with zero attached hydrogens (tertiary/aromatic N) is 4. The molecule has 104 valence electrons. The Morgan fingerprint density at radius 1 is 1.30 bits per heavy atom. The van der Waals surface area contributed by atoms with Crippen molar-refractivity contribution in [3.63, 3.8) is 0 Å². The van der Waals surface area contributed by atoms with Crippen LogP contribution in [-0.2, 0) is 6.54 Å². The number of nitrogens with one attached hydrogen (secondary N) is 1. The number of aromatic nitrogens is 3. The fourth-order valence-electron chi connectivity index (χ4n) is 2.18. The molecular weight excluding hydrogens is 258 g/mol. The van der Waals surface area contributed by atoms with Crippen LogP contribution in [0.15, 0.2) is 29.0 Å². The maximum atomic E-state index is 11.7. The number of carbonyl (C=O) groups excluding carboxylic acids is 1. The molecule has 7 nitrogen and oxygen atoms in total. The Morgan fingerprint density at radius 3 is 2.90 bits per heavy atom. The molecule has 2 aromatic heterocycles. The van der Waals surface area contributed by atoms with E-state index in [9.17, 15) is 4.79 Å². The third-order valence-corrected chi connectivity index (χ3v) is 3.19. The molecule has 20 heavy (non-hydrogen) atoms. The molecule has 1 aliphatic rings. The minimum absolute atomic E-state index is 0.181. The van der Waals surface area contributed by atoms with Crippen molar-refractivity contribution in [2.45, 2.75) is 19.4 Å². The smallest absolute Gasteiger partial charge is 0.290 e. The highest BCUT2D eigenvalue weighted by molar-refractivity contribution is 5.91. The number of carbonyl (C=O) groups is 1. The summed E-state index contributed by atoms with van der Waals surface area (Å²) in [5, 5.41) is 6.19. The van der Waals surface area contributed by atoms with Crippen LogP contribution in [0.3, 0.4) is 0 Å². The molecule has 0 unspecified atom stereocenters. The molecule has 1 saturated heterocycles. The van der Waals surface area contributed by atoms with E-state index in [4.69, 9.17) is 4.52 Å². The summed E-state index contributed by atoms with van der Waals surface area (Å²) < 4.78 is 4.78. The van der Waals surface area contributed by atoms with Crippen molar-refractivity contribution in [3.8, 4) is 0 Å². The van der Waals surface area contributed by atoms with Gasteiger partial charge in [0.15, 0.2) is 0 Å². The third kappa shape index (κ3) is 2.76. The molecule has 1 N–H and O–H groups in total. The molecule has 0 saturated carbocycles. The highest BCUT2D eigenvalue weighted by Crippen LogP contribution is 2.16. The molecule has 1 amide bonds. The Bertz CT molecular complexity index is 578. The zero-order valence-electron chi connectivity index (χ0n) is 11.0. The van der Waals surface area contributed by atoms with E-state index in [0.29, 0.717) is 5.82 Å². The molecule has 0 atom stereocenters. The Balaban J connectivity index is 1.62. The van der Waals surface area contributed by atoms with Gasteiger partial charge in [-0.25, -0.2) is 9.97 Å². The molecule has 1 fully saturated rings. The first-order valence-electron chi connectivity index (χ1n) is 6.59. The fourth-order valence-corrected chi connectivity index (χ4v) is 2.18.